The number of carbonyl (C=O) groups excluding carboxylic acids is 1. The largest absolute Gasteiger partial charge is 0.506 e. The van der Waals surface area contributed by atoms with Crippen molar-refractivity contribution < 1.29 is 14.6 Å². The number of amidine groups is 2. The van der Waals surface area contributed by atoms with Gasteiger partial charge in [0, 0.05) is 44.2 Å². The molecule has 1 aliphatic rings. The van der Waals surface area contributed by atoms with Gasteiger partial charge >= 0.3 is 0 Å². The number of likely N-dealkylation sites (tertiary alicyclic amines) is 1. The molecule has 9 nitrogen and oxygen atoms in total. The second kappa shape index (κ2) is 10.0. The number of nitrogen functional groups attached to an aromatic ring is 1. The van der Waals surface area contributed by atoms with Crippen LogP contribution < -0.4 is 20.7 Å². The predicted octanol–water partition coefficient (Wildman–Crippen LogP) is 2.59. The van der Waals surface area contributed by atoms with Crippen LogP contribution in [0.4, 0.5) is 11.4 Å². The van der Waals surface area contributed by atoms with E-state index in [-0.39, 0.29) is 35.8 Å². The number of carbonyl (C=O) groups is 1. The molecule has 9 heteroatoms. The third kappa shape index (κ3) is 5.90. The highest BCUT2D eigenvalue weighted by Crippen LogP contribution is 2.25. The van der Waals surface area contributed by atoms with Crippen molar-refractivity contribution in [1.29, 1.82) is 10.8 Å². The molecule has 1 saturated heterocycles. The number of amides is 1. The number of hydrogen-bond acceptors (Lipinski definition) is 6. The molecule has 1 fully saturated rings. The molecule has 1 amide bonds. The van der Waals surface area contributed by atoms with Gasteiger partial charge in [0.05, 0.1) is 18.1 Å². The summed E-state index contributed by atoms with van der Waals surface area (Å²) < 4.78 is 6.07. The molecule has 3 rings (SSSR count). The monoisotopic (exact) mass is 438 g/mol. The molecule has 0 aliphatic carbocycles. The van der Waals surface area contributed by atoms with E-state index in [1.54, 1.807) is 11.9 Å². The number of ether oxygens (including phenoxy) is 1. The lowest BCUT2D eigenvalue weighted by atomic mass is 10.1. The van der Waals surface area contributed by atoms with Crippen LogP contribution in [-0.4, -0.2) is 60.4 Å². The first-order valence-corrected chi connectivity index (χ1v) is 10.5. The van der Waals surface area contributed by atoms with Gasteiger partial charge in [-0.15, -0.1) is 0 Å². The zero-order chi connectivity index (χ0) is 23.3. The number of phenols is 1. The molecule has 2 aromatic carbocycles. The number of rotatable bonds is 7. The van der Waals surface area contributed by atoms with Gasteiger partial charge in [-0.3, -0.25) is 15.6 Å². The average Bonchev–Trinajstić information content (AvgIpc) is 2.76. The lowest BCUT2D eigenvalue weighted by Gasteiger charge is -2.32. The lowest BCUT2D eigenvalue weighted by Crippen LogP contribution is -2.40. The van der Waals surface area contributed by atoms with Crippen LogP contribution >= 0.6 is 0 Å². The molecule has 1 heterocycles. The molecule has 2 aromatic rings. The Morgan fingerprint density at radius 3 is 2.47 bits per heavy atom. The summed E-state index contributed by atoms with van der Waals surface area (Å²) in [6.07, 6.45) is 1.91. The van der Waals surface area contributed by atoms with Gasteiger partial charge in [0.2, 0.25) is 5.91 Å². The number of aromatic hydroxyl groups is 1. The van der Waals surface area contributed by atoms with E-state index in [0.29, 0.717) is 11.4 Å². The van der Waals surface area contributed by atoms with E-state index in [1.165, 1.54) is 18.2 Å². The van der Waals surface area contributed by atoms with Gasteiger partial charge < -0.3 is 30.7 Å². The number of anilines is 2. The quantitative estimate of drug-likeness (QED) is 0.256. The van der Waals surface area contributed by atoms with E-state index in [4.69, 9.17) is 21.3 Å². The van der Waals surface area contributed by atoms with Crippen LogP contribution in [0.5, 0.6) is 11.5 Å². The van der Waals surface area contributed by atoms with Crippen molar-refractivity contribution in [1.82, 2.24) is 4.90 Å². The maximum atomic E-state index is 12.4. The van der Waals surface area contributed by atoms with E-state index >= 15 is 0 Å². The third-order valence-corrected chi connectivity index (χ3v) is 5.46. The molecular formula is C23H30N6O3. The Morgan fingerprint density at radius 1 is 1.22 bits per heavy atom. The van der Waals surface area contributed by atoms with Gasteiger partial charge in [-0.05, 0) is 49.4 Å². The van der Waals surface area contributed by atoms with Crippen LogP contribution in [0, 0.1) is 10.8 Å². The normalized spacial score (nSPS) is 14.0. The Labute approximate surface area is 187 Å². The van der Waals surface area contributed by atoms with Gasteiger partial charge in [0.1, 0.15) is 23.4 Å². The molecular weight excluding hydrogens is 408 g/mol. The van der Waals surface area contributed by atoms with Crippen LogP contribution in [0.3, 0.4) is 0 Å². The van der Waals surface area contributed by atoms with Gasteiger partial charge in [-0.1, -0.05) is 0 Å². The maximum Gasteiger partial charge on any atom is 0.243 e. The minimum atomic E-state index is -0.308. The predicted molar refractivity (Wildman–Crippen MR) is 126 cm³/mol. The van der Waals surface area contributed by atoms with Crippen molar-refractivity contribution in [2.24, 2.45) is 5.73 Å². The fourth-order valence-electron chi connectivity index (χ4n) is 3.58. The number of benzene rings is 2. The smallest absolute Gasteiger partial charge is 0.243 e. The SMILES string of the molecule is CC(=N)N1CCC(Oc2ccc(N(C)CC(=O)Nc3cc(C(=N)N)ccc3O)cc2)CC1. The molecule has 0 aromatic heterocycles. The fourth-order valence-corrected chi connectivity index (χ4v) is 3.58. The number of nitrogens with zero attached hydrogens (tertiary/aromatic N) is 2. The third-order valence-electron chi connectivity index (χ3n) is 5.46. The highest BCUT2D eigenvalue weighted by atomic mass is 16.5. The van der Waals surface area contributed by atoms with Crippen molar-refractivity contribution >= 4 is 29.0 Å². The molecule has 0 atom stereocenters. The van der Waals surface area contributed by atoms with Crippen LogP contribution in [0.25, 0.3) is 0 Å². The van der Waals surface area contributed by atoms with E-state index in [2.05, 4.69) is 10.2 Å². The Kier molecular flexibility index (Phi) is 7.19. The Morgan fingerprint density at radius 2 is 1.88 bits per heavy atom. The summed E-state index contributed by atoms with van der Waals surface area (Å²) >= 11 is 0. The maximum absolute atomic E-state index is 12.4. The van der Waals surface area contributed by atoms with E-state index in [9.17, 15) is 9.90 Å². The van der Waals surface area contributed by atoms with Crippen LogP contribution in [0.2, 0.25) is 0 Å². The topological polar surface area (TPSA) is 139 Å². The van der Waals surface area contributed by atoms with Crippen molar-refractivity contribution in [2.45, 2.75) is 25.9 Å². The summed E-state index contributed by atoms with van der Waals surface area (Å²) in [6.45, 7) is 3.55. The van der Waals surface area contributed by atoms with Gasteiger partial charge in [-0.2, -0.15) is 0 Å². The molecule has 6 N–H and O–H groups in total. The molecule has 32 heavy (non-hydrogen) atoms. The first kappa shape index (κ1) is 22.9. The zero-order valence-electron chi connectivity index (χ0n) is 18.4. The first-order chi connectivity index (χ1) is 15.2. The van der Waals surface area contributed by atoms with Crippen molar-refractivity contribution in [2.75, 3.05) is 36.9 Å². The van der Waals surface area contributed by atoms with Crippen LogP contribution in [-0.2, 0) is 4.79 Å². The summed E-state index contributed by atoms with van der Waals surface area (Å²) in [5.41, 5.74) is 6.95. The molecule has 0 saturated carbocycles. The molecule has 0 unspecified atom stereocenters. The molecule has 0 spiro atoms. The number of phenolic OH excluding ortho intramolecular Hbond substituents is 1. The number of nitrogens with two attached hydrogens (primary N) is 1. The molecule has 1 aliphatic heterocycles. The number of hydrogen-bond donors (Lipinski definition) is 5. The number of piperidine rings is 1. The first-order valence-electron chi connectivity index (χ1n) is 10.5. The minimum Gasteiger partial charge on any atom is -0.506 e. The zero-order valence-corrected chi connectivity index (χ0v) is 18.4. The van der Waals surface area contributed by atoms with E-state index < -0.39 is 0 Å². The summed E-state index contributed by atoms with van der Waals surface area (Å²) in [4.78, 5) is 16.3. The minimum absolute atomic E-state index is 0.0748. The van der Waals surface area contributed by atoms with E-state index in [0.717, 1.165) is 37.4 Å². The molecule has 0 radical (unpaired) electrons. The van der Waals surface area contributed by atoms with Gasteiger partial charge in [0.15, 0.2) is 0 Å². The Hall–Kier alpha value is -3.75. The van der Waals surface area contributed by atoms with Crippen molar-refractivity contribution in [3.05, 3.63) is 48.0 Å². The second-order valence-electron chi connectivity index (χ2n) is 7.93. The summed E-state index contributed by atoms with van der Waals surface area (Å²) in [5.74, 6) is 0.839. The molecule has 0 bridgehead atoms. The Bertz CT molecular complexity index is 984. The lowest BCUT2D eigenvalue weighted by molar-refractivity contribution is -0.114. The van der Waals surface area contributed by atoms with Crippen molar-refractivity contribution in [3.8, 4) is 11.5 Å². The van der Waals surface area contributed by atoms with E-state index in [1.807, 2.05) is 31.2 Å². The molecule has 170 valence electrons. The summed E-state index contributed by atoms with van der Waals surface area (Å²) in [7, 11) is 1.80. The van der Waals surface area contributed by atoms with Crippen LogP contribution in [0.15, 0.2) is 42.5 Å². The van der Waals surface area contributed by atoms with Gasteiger partial charge in [0.25, 0.3) is 0 Å². The fraction of sp³-hybridized carbons (Fsp3) is 0.348. The van der Waals surface area contributed by atoms with Crippen molar-refractivity contribution in [3.63, 3.8) is 0 Å². The Balaban J connectivity index is 1.53. The summed E-state index contributed by atoms with van der Waals surface area (Å²) in [5, 5.41) is 27.8. The standard InChI is InChI=1S/C23H30N6O3/c1-15(24)29-11-9-19(10-12-29)32-18-6-4-17(5-7-18)28(2)14-22(31)27-20-13-16(23(25)26)3-8-21(20)30/h3-8,13,19,24,30H,9-12,14H2,1-2H3,(H3,25,26)(H,27,31). The second-order valence-corrected chi connectivity index (χ2v) is 7.93. The van der Waals surface area contributed by atoms with Crippen LogP contribution in [0.1, 0.15) is 25.3 Å². The average molecular weight is 439 g/mol. The summed E-state index contributed by atoms with van der Waals surface area (Å²) in [6, 6.07) is 11.9. The highest BCUT2D eigenvalue weighted by molar-refractivity contribution is 5.99. The highest BCUT2D eigenvalue weighted by Gasteiger charge is 2.20. The number of nitrogens with one attached hydrogen (secondary N) is 3. The van der Waals surface area contributed by atoms with Gasteiger partial charge in [-0.25, -0.2) is 0 Å². The number of likely N-dealkylation sites (N-methyl/N-ethyl adjacent to an activating group) is 1.